The molecule has 0 spiro atoms. The monoisotopic (exact) mass is 482 g/mol. The summed E-state index contributed by atoms with van der Waals surface area (Å²) in [5.74, 6) is -0.654. The van der Waals surface area contributed by atoms with Gasteiger partial charge in [0.25, 0.3) is 0 Å². The van der Waals surface area contributed by atoms with Gasteiger partial charge in [-0.25, -0.2) is 21.2 Å². The first-order valence-electron chi connectivity index (χ1n) is 9.16. The predicted octanol–water partition coefficient (Wildman–Crippen LogP) is 4.58. The number of rotatable bonds is 8. The molecule has 0 aliphatic carbocycles. The molecule has 11 heteroatoms. The Morgan fingerprint density at radius 3 is 2.23 bits per heavy atom. The number of halogens is 4. The standard InChI is InChI=1S/C20H22F4O5S2/c1-13(31(27,28)17-6-4-5-15(11-17)20(22,23)24)9-10-29-14(2)18-12-16(21)7-8-19(18)30(3,25)26/h4-8,11-14H,9-10H2,1-3H3. The molecular formula is C20H22F4O5S2. The van der Waals surface area contributed by atoms with Crippen LogP contribution in [0.4, 0.5) is 17.6 Å². The summed E-state index contributed by atoms with van der Waals surface area (Å²) in [5, 5.41) is -1.06. The molecule has 0 saturated heterocycles. The van der Waals surface area contributed by atoms with Crippen molar-refractivity contribution in [2.45, 2.75) is 47.6 Å². The SMILES string of the molecule is CC(OCCC(C)S(=O)(=O)c1cccc(C(F)(F)F)c1)c1cc(F)ccc1S(C)(=O)=O. The topological polar surface area (TPSA) is 77.5 Å². The molecule has 0 radical (unpaired) electrons. The largest absolute Gasteiger partial charge is 0.416 e. The van der Waals surface area contributed by atoms with Crippen LogP contribution in [-0.4, -0.2) is 34.9 Å². The second kappa shape index (κ2) is 9.25. The van der Waals surface area contributed by atoms with Gasteiger partial charge in [-0.05, 0) is 56.7 Å². The Morgan fingerprint density at radius 2 is 1.65 bits per heavy atom. The lowest BCUT2D eigenvalue weighted by atomic mass is 10.1. The summed E-state index contributed by atoms with van der Waals surface area (Å²) in [4.78, 5) is -0.557. The van der Waals surface area contributed by atoms with E-state index in [-0.39, 0.29) is 23.5 Å². The summed E-state index contributed by atoms with van der Waals surface area (Å²) >= 11 is 0. The molecule has 2 aromatic carbocycles. The van der Waals surface area contributed by atoms with E-state index in [0.29, 0.717) is 6.07 Å². The molecule has 0 aliphatic rings. The smallest absolute Gasteiger partial charge is 0.374 e. The molecule has 0 N–H and O–H groups in total. The lowest BCUT2D eigenvalue weighted by Gasteiger charge is -2.19. The number of benzene rings is 2. The minimum Gasteiger partial charge on any atom is -0.374 e. The average Bonchev–Trinajstić information content (AvgIpc) is 2.66. The molecule has 0 fully saturated rings. The van der Waals surface area contributed by atoms with Crippen LogP contribution in [0.15, 0.2) is 52.3 Å². The Labute approximate surface area is 178 Å². The third-order valence-corrected chi connectivity index (χ3v) is 8.10. The zero-order valence-corrected chi connectivity index (χ0v) is 18.6. The molecular weight excluding hydrogens is 460 g/mol. The normalized spacial score (nSPS) is 14.9. The molecule has 0 saturated carbocycles. The maximum absolute atomic E-state index is 13.6. The molecule has 2 atom stereocenters. The molecule has 2 unspecified atom stereocenters. The Balaban J connectivity index is 2.12. The van der Waals surface area contributed by atoms with Crippen LogP contribution in [0.3, 0.4) is 0 Å². The van der Waals surface area contributed by atoms with Crippen LogP contribution in [0.2, 0.25) is 0 Å². The molecule has 2 aromatic rings. The highest BCUT2D eigenvalue weighted by molar-refractivity contribution is 7.92. The molecule has 0 amide bonds. The van der Waals surface area contributed by atoms with Gasteiger partial charge in [0.05, 0.1) is 26.7 Å². The van der Waals surface area contributed by atoms with E-state index < -0.39 is 53.5 Å². The Hall–Kier alpha value is -1.98. The van der Waals surface area contributed by atoms with Crippen LogP contribution >= 0.6 is 0 Å². The second-order valence-corrected chi connectivity index (χ2v) is 11.5. The van der Waals surface area contributed by atoms with E-state index in [1.165, 1.54) is 13.8 Å². The van der Waals surface area contributed by atoms with E-state index in [4.69, 9.17) is 4.74 Å². The number of hydrogen-bond acceptors (Lipinski definition) is 5. The van der Waals surface area contributed by atoms with E-state index >= 15 is 0 Å². The highest BCUT2D eigenvalue weighted by atomic mass is 32.2. The molecule has 0 heterocycles. The fourth-order valence-corrected chi connectivity index (χ4v) is 5.31. The van der Waals surface area contributed by atoms with Gasteiger partial charge < -0.3 is 4.74 Å². The van der Waals surface area contributed by atoms with Gasteiger partial charge in [0.15, 0.2) is 19.7 Å². The van der Waals surface area contributed by atoms with Gasteiger partial charge in [0.1, 0.15) is 5.82 Å². The highest BCUT2D eigenvalue weighted by Gasteiger charge is 2.32. The molecule has 2 rings (SSSR count). The summed E-state index contributed by atoms with van der Waals surface area (Å²) in [6.45, 7) is 2.70. The molecule has 31 heavy (non-hydrogen) atoms. The lowest BCUT2D eigenvalue weighted by molar-refractivity contribution is -0.137. The van der Waals surface area contributed by atoms with Crippen LogP contribution in [-0.2, 0) is 30.6 Å². The van der Waals surface area contributed by atoms with E-state index in [2.05, 4.69) is 0 Å². The molecule has 172 valence electrons. The van der Waals surface area contributed by atoms with E-state index in [9.17, 15) is 34.4 Å². The van der Waals surface area contributed by atoms with Crippen LogP contribution in [0, 0.1) is 5.82 Å². The predicted molar refractivity (Wildman–Crippen MR) is 107 cm³/mol. The van der Waals surface area contributed by atoms with Crippen molar-refractivity contribution in [2.75, 3.05) is 12.9 Å². The summed E-state index contributed by atoms with van der Waals surface area (Å²) in [6.07, 6.45) is -4.62. The van der Waals surface area contributed by atoms with Gasteiger partial charge >= 0.3 is 6.18 Å². The Kier molecular flexibility index (Phi) is 7.55. The first kappa shape index (κ1) is 25.3. The first-order chi connectivity index (χ1) is 14.1. The average molecular weight is 483 g/mol. The lowest BCUT2D eigenvalue weighted by Crippen LogP contribution is -2.21. The second-order valence-electron chi connectivity index (χ2n) is 7.14. The van der Waals surface area contributed by atoms with Crippen LogP contribution in [0.5, 0.6) is 0 Å². The Bertz CT molecular complexity index is 1140. The van der Waals surface area contributed by atoms with Crippen LogP contribution in [0.25, 0.3) is 0 Å². The van der Waals surface area contributed by atoms with Crippen molar-refractivity contribution in [3.05, 3.63) is 59.4 Å². The summed E-state index contributed by atoms with van der Waals surface area (Å²) in [6, 6.07) is 6.65. The zero-order chi connectivity index (χ0) is 23.6. The van der Waals surface area contributed by atoms with E-state index in [1.54, 1.807) is 0 Å². The van der Waals surface area contributed by atoms with Gasteiger partial charge in [-0.2, -0.15) is 13.2 Å². The zero-order valence-electron chi connectivity index (χ0n) is 17.0. The van der Waals surface area contributed by atoms with Crippen LogP contribution < -0.4 is 0 Å². The third kappa shape index (κ3) is 6.27. The van der Waals surface area contributed by atoms with Crippen molar-refractivity contribution < 1.29 is 39.1 Å². The molecule has 0 aromatic heterocycles. The fraction of sp³-hybridized carbons (Fsp3) is 0.400. The number of alkyl halides is 3. The molecule has 0 aliphatic heterocycles. The molecule has 5 nitrogen and oxygen atoms in total. The quantitative estimate of drug-likeness (QED) is 0.407. The van der Waals surface area contributed by atoms with Gasteiger partial charge in [-0.15, -0.1) is 0 Å². The maximum atomic E-state index is 13.6. The van der Waals surface area contributed by atoms with Gasteiger partial charge in [0, 0.05) is 18.4 Å². The van der Waals surface area contributed by atoms with Crippen molar-refractivity contribution in [3.8, 4) is 0 Å². The number of ether oxygens (including phenoxy) is 1. The highest BCUT2D eigenvalue weighted by Crippen LogP contribution is 2.32. The summed E-state index contributed by atoms with van der Waals surface area (Å²) in [5.41, 5.74) is -0.971. The molecule has 0 bridgehead atoms. The van der Waals surface area contributed by atoms with Gasteiger partial charge in [-0.1, -0.05) is 6.07 Å². The van der Waals surface area contributed by atoms with E-state index in [1.807, 2.05) is 0 Å². The minimum absolute atomic E-state index is 0.0631. The first-order valence-corrected chi connectivity index (χ1v) is 12.6. The van der Waals surface area contributed by atoms with Gasteiger partial charge in [-0.3, -0.25) is 0 Å². The van der Waals surface area contributed by atoms with Crippen molar-refractivity contribution >= 4 is 19.7 Å². The van der Waals surface area contributed by atoms with Crippen molar-refractivity contribution in [3.63, 3.8) is 0 Å². The van der Waals surface area contributed by atoms with Crippen LogP contribution in [0.1, 0.15) is 37.5 Å². The van der Waals surface area contributed by atoms with E-state index in [0.717, 1.165) is 42.7 Å². The maximum Gasteiger partial charge on any atom is 0.416 e. The summed E-state index contributed by atoms with van der Waals surface area (Å²) < 4.78 is 107. The fourth-order valence-electron chi connectivity index (χ4n) is 2.91. The number of hydrogen-bond donors (Lipinski definition) is 0. The van der Waals surface area contributed by atoms with Gasteiger partial charge in [0.2, 0.25) is 0 Å². The van der Waals surface area contributed by atoms with Crippen molar-refractivity contribution in [1.29, 1.82) is 0 Å². The van der Waals surface area contributed by atoms with Crippen molar-refractivity contribution in [2.24, 2.45) is 0 Å². The van der Waals surface area contributed by atoms with Crippen molar-refractivity contribution in [1.82, 2.24) is 0 Å². The summed E-state index contributed by atoms with van der Waals surface area (Å²) in [7, 11) is -7.70. The Morgan fingerprint density at radius 1 is 1.00 bits per heavy atom. The number of sulfone groups is 2. The third-order valence-electron chi connectivity index (χ3n) is 4.72. The minimum atomic E-state index is -4.67.